The molecule has 0 N–H and O–H groups in total. The maximum absolute atomic E-state index is 12.3. The van der Waals surface area contributed by atoms with Crippen molar-refractivity contribution >= 4 is 5.78 Å². The molecule has 0 spiro atoms. The number of hydrogen-bond acceptors (Lipinski definition) is 4. The van der Waals surface area contributed by atoms with Gasteiger partial charge in [-0.2, -0.15) is 0 Å². The average Bonchev–Trinajstić information content (AvgIpc) is 3.46. The van der Waals surface area contributed by atoms with E-state index in [-0.39, 0.29) is 35.1 Å². The highest BCUT2D eigenvalue weighted by molar-refractivity contribution is 5.98. The van der Waals surface area contributed by atoms with Crippen LogP contribution < -0.4 is 0 Å². The van der Waals surface area contributed by atoms with Crippen molar-refractivity contribution in [3.63, 3.8) is 0 Å². The Labute approximate surface area is 186 Å². The zero-order chi connectivity index (χ0) is 21.8. The lowest BCUT2D eigenvalue weighted by atomic mass is 9.48. The third-order valence-corrected chi connectivity index (χ3v) is 10.3. The molecule has 0 amide bonds. The molecule has 0 aromatic carbocycles. The van der Waals surface area contributed by atoms with Crippen LogP contribution in [-0.2, 0) is 19.0 Å². The zero-order valence-electron chi connectivity index (χ0n) is 19.7. The largest absolute Gasteiger partial charge is 0.360 e. The molecule has 3 unspecified atom stereocenters. The van der Waals surface area contributed by atoms with Crippen LogP contribution in [0.2, 0.25) is 0 Å². The lowest BCUT2D eigenvalue weighted by molar-refractivity contribution is -0.252. The molecule has 4 fully saturated rings. The van der Waals surface area contributed by atoms with Crippen molar-refractivity contribution in [2.75, 3.05) is 13.2 Å². The van der Waals surface area contributed by atoms with E-state index in [1.807, 2.05) is 6.08 Å². The molecule has 0 aromatic heterocycles. The summed E-state index contributed by atoms with van der Waals surface area (Å²) in [5.74, 6) is 3.10. The Morgan fingerprint density at radius 1 is 1.03 bits per heavy atom. The van der Waals surface area contributed by atoms with Gasteiger partial charge >= 0.3 is 0 Å². The van der Waals surface area contributed by atoms with Crippen molar-refractivity contribution in [3.05, 3.63) is 23.8 Å². The maximum atomic E-state index is 12.3. The van der Waals surface area contributed by atoms with Crippen LogP contribution in [0.1, 0.15) is 60.3 Å². The van der Waals surface area contributed by atoms with Gasteiger partial charge in [-0.25, -0.2) is 0 Å². The van der Waals surface area contributed by atoms with Gasteiger partial charge in [-0.15, -0.1) is 0 Å². The van der Waals surface area contributed by atoms with E-state index in [0.29, 0.717) is 35.0 Å². The predicted molar refractivity (Wildman–Crippen MR) is 118 cm³/mol. The van der Waals surface area contributed by atoms with Gasteiger partial charge in [0, 0.05) is 16.7 Å². The van der Waals surface area contributed by atoms with Gasteiger partial charge in [-0.05, 0) is 66.4 Å². The van der Waals surface area contributed by atoms with Gasteiger partial charge in [0.05, 0.1) is 13.2 Å². The summed E-state index contributed by atoms with van der Waals surface area (Å²) in [6.45, 7) is 13.3. The molecule has 6 rings (SSSR count). The highest BCUT2D eigenvalue weighted by Crippen LogP contribution is 2.68. The minimum atomic E-state index is -0.171. The molecule has 4 heteroatoms. The number of ether oxygens (including phenoxy) is 3. The van der Waals surface area contributed by atoms with Crippen LogP contribution in [0.25, 0.3) is 0 Å². The van der Waals surface area contributed by atoms with Gasteiger partial charge in [0.2, 0.25) is 0 Å². The molecule has 9 atom stereocenters. The SMILES string of the molecule is CC(C1OCC(C)(C)CO1)[C@H]1CC[C@H]2[C@@H]3C=CC4=CC(=O)C5OC5[C@]4(C)[C@H]3CC[C@]12C. The van der Waals surface area contributed by atoms with Crippen LogP contribution in [0, 0.1) is 45.8 Å². The van der Waals surface area contributed by atoms with Crippen LogP contribution in [0.3, 0.4) is 0 Å². The van der Waals surface area contributed by atoms with Crippen molar-refractivity contribution < 1.29 is 19.0 Å². The molecule has 31 heavy (non-hydrogen) atoms. The molecule has 4 nitrogen and oxygen atoms in total. The maximum Gasteiger partial charge on any atom is 0.187 e. The third-order valence-electron chi connectivity index (χ3n) is 10.3. The second-order valence-electron chi connectivity index (χ2n) is 12.7. The number of hydrogen-bond donors (Lipinski definition) is 0. The highest BCUT2D eigenvalue weighted by Gasteiger charge is 2.67. The summed E-state index contributed by atoms with van der Waals surface area (Å²) in [5.41, 5.74) is 1.67. The molecule has 2 saturated carbocycles. The van der Waals surface area contributed by atoms with Crippen molar-refractivity contribution in [1.82, 2.24) is 0 Å². The molecular formula is C27H38O4. The van der Waals surface area contributed by atoms with Crippen LogP contribution in [0.15, 0.2) is 23.8 Å². The van der Waals surface area contributed by atoms with E-state index in [2.05, 4.69) is 46.8 Å². The standard InChI is InChI=1S/C27H38O4/c1-15(24-29-13-25(2,3)14-30-24)18-8-9-19-17-7-6-16-12-21(28)22-23(31-22)27(16,5)20(17)10-11-26(18,19)4/h6-7,12,15,17-20,22-24H,8-11,13-14H2,1-5H3/t15?,17-,18+,19-,20-,22?,23?,26+,27-/m0/s1. The number of rotatable bonds is 2. The number of ketones is 1. The van der Waals surface area contributed by atoms with Gasteiger partial charge in [-0.3, -0.25) is 4.79 Å². The van der Waals surface area contributed by atoms with E-state index in [1.165, 1.54) is 31.3 Å². The Kier molecular flexibility index (Phi) is 4.35. The van der Waals surface area contributed by atoms with Crippen LogP contribution in [0.4, 0.5) is 0 Å². The summed E-state index contributed by atoms with van der Waals surface area (Å²) in [7, 11) is 0. The highest BCUT2D eigenvalue weighted by atomic mass is 16.7. The quantitative estimate of drug-likeness (QED) is 0.587. The first kappa shape index (κ1) is 20.6. The fraction of sp³-hybridized carbons (Fsp3) is 0.815. The minimum Gasteiger partial charge on any atom is -0.360 e. The first-order chi connectivity index (χ1) is 14.6. The topological polar surface area (TPSA) is 48.1 Å². The Hall–Kier alpha value is -0.970. The van der Waals surface area contributed by atoms with Gasteiger partial charge < -0.3 is 14.2 Å². The first-order valence-electron chi connectivity index (χ1n) is 12.5. The summed E-state index contributed by atoms with van der Waals surface area (Å²) >= 11 is 0. The first-order valence-corrected chi connectivity index (χ1v) is 12.5. The second-order valence-corrected chi connectivity index (χ2v) is 12.7. The predicted octanol–water partition coefficient (Wildman–Crippen LogP) is 4.93. The summed E-state index contributed by atoms with van der Waals surface area (Å²) in [6, 6.07) is 0. The van der Waals surface area contributed by atoms with E-state index < -0.39 is 0 Å². The molecule has 6 aliphatic rings. The Bertz CT molecular complexity index is 847. The van der Waals surface area contributed by atoms with Crippen molar-refractivity contribution in [2.24, 2.45) is 45.8 Å². The fourth-order valence-corrected chi connectivity index (χ4v) is 8.47. The number of fused-ring (bicyclic) bond motifs is 7. The van der Waals surface area contributed by atoms with Crippen molar-refractivity contribution in [3.8, 4) is 0 Å². The third kappa shape index (κ3) is 2.80. The second kappa shape index (κ2) is 6.55. The summed E-state index contributed by atoms with van der Waals surface area (Å²) in [6.07, 6.45) is 11.5. The van der Waals surface area contributed by atoms with Crippen LogP contribution in [-0.4, -0.2) is 37.5 Å². The van der Waals surface area contributed by atoms with Crippen molar-refractivity contribution in [1.29, 1.82) is 0 Å². The lowest BCUT2D eigenvalue weighted by Crippen LogP contribution is -2.52. The van der Waals surface area contributed by atoms with E-state index >= 15 is 0 Å². The smallest absolute Gasteiger partial charge is 0.187 e. The summed E-state index contributed by atoms with van der Waals surface area (Å²) < 4.78 is 18.4. The number of epoxide rings is 1. The van der Waals surface area contributed by atoms with Crippen molar-refractivity contribution in [2.45, 2.75) is 78.8 Å². The Balaban J connectivity index is 1.25. The Morgan fingerprint density at radius 2 is 1.77 bits per heavy atom. The normalized spacial score (nSPS) is 51.3. The molecule has 0 aromatic rings. The van der Waals surface area contributed by atoms with Crippen LogP contribution >= 0.6 is 0 Å². The summed E-state index contributed by atoms with van der Waals surface area (Å²) in [4.78, 5) is 12.3. The molecule has 0 radical (unpaired) electrons. The number of carbonyl (C=O) groups is 1. The lowest BCUT2D eigenvalue weighted by Gasteiger charge is -2.56. The van der Waals surface area contributed by atoms with E-state index in [0.717, 1.165) is 13.2 Å². The minimum absolute atomic E-state index is 0.00417. The molecule has 0 bridgehead atoms. The molecule has 170 valence electrons. The molecule has 2 aliphatic heterocycles. The van der Waals surface area contributed by atoms with Gasteiger partial charge in [0.15, 0.2) is 12.1 Å². The average molecular weight is 427 g/mol. The zero-order valence-corrected chi connectivity index (χ0v) is 19.7. The van der Waals surface area contributed by atoms with E-state index in [4.69, 9.17) is 14.2 Å². The number of allylic oxidation sites excluding steroid dienone is 2. The molecule has 2 saturated heterocycles. The monoisotopic (exact) mass is 426 g/mol. The van der Waals surface area contributed by atoms with Crippen LogP contribution in [0.5, 0.6) is 0 Å². The van der Waals surface area contributed by atoms with Gasteiger partial charge in [-0.1, -0.05) is 46.8 Å². The summed E-state index contributed by atoms with van der Waals surface area (Å²) in [5, 5.41) is 0. The van der Waals surface area contributed by atoms with E-state index in [9.17, 15) is 4.79 Å². The van der Waals surface area contributed by atoms with Gasteiger partial charge in [0.1, 0.15) is 12.2 Å². The number of carbonyl (C=O) groups excluding carboxylic acids is 1. The van der Waals surface area contributed by atoms with E-state index in [1.54, 1.807) is 0 Å². The molecule has 2 heterocycles. The van der Waals surface area contributed by atoms with Gasteiger partial charge in [0.25, 0.3) is 0 Å². The molecule has 4 aliphatic carbocycles. The molecular weight excluding hydrogens is 388 g/mol. The Morgan fingerprint density at radius 3 is 2.52 bits per heavy atom. The fourth-order valence-electron chi connectivity index (χ4n) is 8.47.